The summed E-state index contributed by atoms with van der Waals surface area (Å²) in [4.78, 5) is 3.95. The van der Waals surface area contributed by atoms with E-state index in [9.17, 15) is 8.78 Å². The standard InChI is InChI=1S/C9H17F2N3O.HI/c1-6(5-15-2)13-8(12)14-7-3-9(10,11)4-7;/h6-7H,3-5H2,1-2H3,(H3,12,13,14);1H. The first kappa shape index (κ1) is 15.8. The Balaban J connectivity index is 0.00000225. The highest BCUT2D eigenvalue weighted by atomic mass is 127. The molecule has 0 aliphatic heterocycles. The van der Waals surface area contributed by atoms with Crippen LogP contribution in [0.25, 0.3) is 0 Å². The van der Waals surface area contributed by atoms with Crippen LogP contribution in [0, 0.1) is 0 Å². The van der Waals surface area contributed by atoms with Crippen molar-refractivity contribution in [2.75, 3.05) is 13.7 Å². The predicted molar refractivity (Wildman–Crippen MR) is 69.5 cm³/mol. The minimum Gasteiger partial charge on any atom is -0.383 e. The fraction of sp³-hybridized carbons (Fsp3) is 0.889. The number of methoxy groups -OCH3 is 1. The highest BCUT2D eigenvalue weighted by molar-refractivity contribution is 14.0. The largest absolute Gasteiger partial charge is 0.383 e. The molecule has 96 valence electrons. The number of hydrogen-bond donors (Lipinski definition) is 2. The Morgan fingerprint density at radius 2 is 2.19 bits per heavy atom. The zero-order valence-corrected chi connectivity index (χ0v) is 11.7. The van der Waals surface area contributed by atoms with Crippen LogP contribution < -0.4 is 11.1 Å². The summed E-state index contributed by atoms with van der Waals surface area (Å²) in [6, 6.07) is -0.318. The van der Waals surface area contributed by atoms with E-state index in [0.29, 0.717) is 6.61 Å². The fourth-order valence-electron chi connectivity index (χ4n) is 1.50. The van der Waals surface area contributed by atoms with Crippen LogP contribution in [0.3, 0.4) is 0 Å². The van der Waals surface area contributed by atoms with Crippen molar-refractivity contribution in [2.24, 2.45) is 10.7 Å². The molecule has 3 N–H and O–H groups in total. The third-order valence-corrected chi connectivity index (χ3v) is 2.20. The van der Waals surface area contributed by atoms with E-state index in [-0.39, 0.29) is 54.9 Å². The summed E-state index contributed by atoms with van der Waals surface area (Å²) in [6.07, 6.45) is -0.401. The molecule has 1 unspecified atom stereocenters. The van der Waals surface area contributed by atoms with Crippen LogP contribution in [0.15, 0.2) is 4.99 Å². The summed E-state index contributed by atoms with van der Waals surface area (Å²) in [5.41, 5.74) is 5.54. The number of rotatable bonds is 4. The first-order valence-corrected chi connectivity index (χ1v) is 4.89. The number of ether oxygens (including phenoxy) is 1. The number of nitrogens with one attached hydrogen (secondary N) is 1. The summed E-state index contributed by atoms with van der Waals surface area (Å²) < 4.78 is 29.8. The lowest BCUT2D eigenvalue weighted by molar-refractivity contribution is -0.0834. The van der Waals surface area contributed by atoms with Gasteiger partial charge in [0.1, 0.15) is 0 Å². The molecule has 1 aliphatic rings. The van der Waals surface area contributed by atoms with E-state index < -0.39 is 5.92 Å². The van der Waals surface area contributed by atoms with Gasteiger partial charge in [0.25, 0.3) is 5.92 Å². The van der Waals surface area contributed by atoms with Crippen molar-refractivity contribution in [2.45, 2.75) is 37.8 Å². The summed E-state index contributed by atoms with van der Waals surface area (Å²) in [5.74, 6) is -2.34. The van der Waals surface area contributed by atoms with Gasteiger partial charge < -0.3 is 15.8 Å². The van der Waals surface area contributed by atoms with Crippen LogP contribution in [0.4, 0.5) is 8.78 Å². The lowest BCUT2D eigenvalue weighted by atomic mass is 9.89. The predicted octanol–water partition coefficient (Wildman–Crippen LogP) is 1.34. The molecular formula is C9H18F2IN3O. The lowest BCUT2D eigenvalue weighted by Gasteiger charge is -2.32. The minimum atomic E-state index is -2.55. The Morgan fingerprint density at radius 3 is 2.62 bits per heavy atom. The number of aliphatic imine (C=N–C) groups is 1. The highest BCUT2D eigenvalue weighted by Gasteiger charge is 2.45. The number of alkyl halides is 2. The maximum Gasteiger partial charge on any atom is 0.252 e. The molecular weight excluding hydrogens is 331 g/mol. The number of hydrogen-bond acceptors (Lipinski definition) is 2. The smallest absolute Gasteiger partial charge is 0.252 e. The van der Waals surface area contributed by atoms with Gasteiger partial charge in [0.05, 0.1) is 12.6 Å². The zero-order chi connectivity index (χ0) is 11.5. The molecule has 1 saturated carbocycles. The van der Waals surface area contributed by atoms with E-state index in [2.05, 4.69) is 10.3 Å². The summed E-state index contributed by atoms with van der Waals surface area (Å²) >= 11 is 0. The zero-order valence-electron chi connectivity index (χ0n) is 9.37. The highest BCUT2D eigenvalue weighted by Crippen LogP contribution is 2.39. The number of nitrogens with two attached hydrogens (primary N) is 1. The van der Waals surface area contributed by atoms with Gasteiger partial charge in [-0.1, -0.05) is 0 Å². The molecule has 4 nitrogen and oxygen atoms in total. The van der Waals surface area contributed by atoms with Crippen LogP contribution in [0.5, 0.6) is 0 Å². The first-order chi connectivity index (χ1) is 6.93. The summed E-state index contributed by atoms with van der Waals surface area (Å²) in [5, 5.41) is 2.87. The van der Waals surface area contributed by atoms with Crippen LogP contribution >= 0.6 is 24.0 Å². The molecule has 16 heavy (non-hydrogen) atoms. The first-order valence-electron chi connectivity index (χ1n) is 4.89. The summed E-state index contributed by atoms with van der Waals surface area (Å²) in [7, 11) is 1.58. The molecule has 7 heteroatoms. The van der Waals surface area contributed by atoms with Crippen molar-refractivity contribution in [3.05, 3.63) is 0 Å². The molecule has 1 aliphatic carbocycles. The van der Waals surface area contributed by atoms with Crippen molar-refractivity contribution in [3.63, 3.8) is 0 Å². The molecule has 0 aromatic rings. The maximum absolute atomic E-state index is 12.5. The van der Waals surface area contributed by atoms with Gasteiger partial charge in [0, 0.05) is 26.0 Å². The molecule has 0 heterocycles. The maximum atomic E-state index is 12.5. The third kappa shape index (κ3) is 5.24. The fourth-order valence-corrected chi connectivity index (χ4v) is 1.50. The molecule has 0 spiro atoms. The van der Waals surface area contributed by atoms with Gasteiger partial charge in [-0.05, 0) is 6.92 Å². The van der Waals surface area contributed by atoms with Gasteiger partial charge in [-0.25, -0.2) is 13.8 Å². The van der Waals surface area contributed by atoms with Gasteiger partial charge in [0.15, 0.2) is 5.96 Å². The van der Waals surface area contributed by atoms with Crippen molar-refractivity contribution in [3.8, 4) is 0 Å². The minimum absolute atomic E-state index is 0. The Hall–Kier alpha value is -0.180. The molecule has 0 amide bonds. The van der Waals surface area contributed by atoms with E-state index in [4.69, 9.17) is 10.5 Å². The Bertz CT molecular complexity index is 243. The van der Waals surface area contributed by atoms with E-state index in [1.54, 1.807) is 7.11 Å². The molecule has 1 rings (SSSR count). The van der Waals surface area contributed by atoms with Crippen molar-refractivity contribution in [1.29, 1.82) is 0 Å². The van der Waals surface area contributed by atoms with Gasteiger partial charge in [-0.2, -0.15) is 0 Å². The molecule has 0 radical (unpaired) electrons. The van der Waals surface area contributed by atoms with Crippen molar-refractivity contribution in [1.82, 2.24) is 5.32 Å². The normalized spacial score (nSPS) is 21.9. The molecule has 0 aromatic carbocycles. The second kappa shape index (κ2) is 6.53. The van der Waals surface area contributed by atoms with E-state index in [1.807, 2.05) is 6.92 Å². The van der Waals surface area contributed by atoms with Gasteiger partial charge in [0.2, 0.25) is 0 Å². The van der Waals surface area contributed by atoms with E-state index >= 15 is 0 Å². The van der Waals surface area contributed by atoms with Crippen LogP contribution in [-0.4, -0.2) is 37.7 Å². The quantitative estimate of drug-likeness (QED) is 0.458. The average molecular weight is 349 g/mol. The second-order valence-electron chi connectivity index (χ2n) is 3.93. The average Bonchev–Trinajstić information content (AvgIpc) is 2.00. The molecule has 0 saturated heterocycles. The Kier molecular flexibility index (Phi) is 6.46. The van der Waals surface area contributed by atoms with Crippen LogP contribution in [0.2, 0.25) is 0 Å². The van der Waals surface area contributed by atoms with Gasteiger partial charge in [-0.3, -0.25) is 0 Å². The van der Waals surface area contributed by atoms with Gasteiger partial charge in [-0.15, -0.1) is 24.0 Å². The van der Waals surface area contributed by atoms with E-state index in [1.165, 1.54) is 0 Å². The van der Waals surface area contributed by atoms with E-state index in [0.717, 1.165) is 0 Å². The Labute approximate surface area is 111 Å². The van der Waals surface area contributed by atoms with Crippen molar-refractivity contribution < 1.29 is 13.5 Å². The monoisotopic (exact) mass is 349 g/mol. The molecule has 1 fully saturated rings. The Morgan fingerprint density at radius 1 is 1.62 bits per heavy atom. The topological polar surface area (TPSA) is 59.6 Å². The second-order valence-corrected chi connectivity index (χ2v) is 3.93. The third-order valence-electron chi connectivity index (χ3n) is 2.20. The number of halogens is 3. The molecule has 0 bridgehead atoms. The van der Waals surface area contributed by atoms with Crippen LogP contribution in [-0.2, 0) is 4.74 Å². The number of nitrogens with zero attached hydrogens (tertiary/aromatic N) is 1. The molecule has 0 aromatic heterocycles. The van der Waals surface area contributed by atoms with Crippen molar-refractivity contribution >= 4 is 29.9 Å². The SMILES string of the molecule is COCC(C)NC(N)=NC1CC(F)(F)C1.I. The van der Waals surface area contributed by atoms with Crippen LogP contribution in [0.1, 0.15) is 19.8 Å². The van der Waals surface area contributed by atoms with Gasteiger partial charge >= 0.3 is 0 Å². The summed E-state index contributed by atoms with van der Waals surface area (Å²) in [6.45, 7) is 2.37. The number of guanidine groups is 1. The molecule has 1 atom stereocenters. The lowest BCUT2D eigenvalue weighted by Crippen LogP contribution is -2.44.